The highest BCUT2D eigenvalue weighted by Gasteiger charge is 2.52. The lowest BCUT2D eigenvalue weighted by Crippen LogP contribution is -2.57. The summed E-state index contributed by atoms with van der Waals surface area (Å²) in [4.78, 5) is 12.9. The molecule has 108 valence electrons. The van der Waals surface area contributed by atoms with Gasteiger partial charge in [-0.1, -0.05) is 6.08 Å². The van der Waals surface area contributed by atoms with E-state index in [4.69, 9.17) is 13.7 Å². The number of rotatable bonds is 4. The molecule has 2 aliphatic heterocycles. The zero-order chi connectivity index (χ0) is 14.2. The van der Waals surface area contributed by atoms with E-state index < -0.39 is 40.6 Å². The molecule has 0 aromatic carbocycles. The molecule has 0 unspecified atom stereocenters. The standard InChI is InChI=1S/C11H17NO6S/c1-4-5-7-10(18-19(3,14)15)9-8(6-16-7)17-11(13)12(9)2/h4,7-10H,1,5-6H2,2-3H3/t7-,8-,9-,10-/m1/s1. The lowest BCUT2D eigenvalue weighted by molar-refractivity contribution is -0.118. The Morgan fingerprint density at radius 3 is 2.84 bits per heavy atom. The minimum absolute atomic E-state index is 0.225. The molecule has 0 bridgehead atoms. The summed E-state index contributed by atoms with van der Waals surface area (Å²) in [5.74, 6) is 0. The molecule has 0 aromatic rings. The summed E-state index contributed by atoms with van der Waals surface area (Å²) in [6.07, 6.45) is 0.769. The van der Waals surface area contributed by atoms with Gasteiger partial charge in [0, 0.05) is 7.05 Å². The third kappa shape index (κ3) is 2.90. The molecule has 2 fully saturated rings. The summed E-state index contributed by atoms with van der Waals surface area (Å²) in [7, 11) is -2.10. The molecule has 0 aliphatic carbocycles. The number of ether oxygens (including phenoxy) is 2. The molecule has 2 rings (SSSR count). The molecule has 1 amide bonds. The third-order valence-electron chi connectivity index (χ3n) is 3.23. The van der Waals surface area contributed by atoms with E-state index in [1.807, 2.05) is 0 Å². The predicted molar refractivity (Wildman–Crippen MR) is 66.1 cm³/mol. The Morgan fingerprint density at radius 1 is 1.58 bits per heavy atom. The van der Waals surface area contributed by atoms with Crippen LogP contribution in [0.25, 0.3) is 0 Å². The SMILES string of the molecule is C=CC[C@H]1OC[C@H]2OC(=O)N(C)[C@H]2[C@@H]1OS(C)(=O)=O. The number of fused-ring (bicyclic) bond motifs is 1. The molecule has 0 aromatic heterocycles. The highest BCUT2D eigenvalue weighted by Crippen LogP contribution is 2.31. The van der Waals surface area contributed by atoms with E-state index in [1.54, 1.807) is 13.1 Å². The first-order valence-electron chi connectivity index (χ1n) is 5.87. The Morgan fingerprint density at radius 2 is 2.26 bits per heavy atom. The molecule has 0 N–H and O–H groups in total. The normalized spacial score (nSPS) is 34.8. The topological polar surface area (TPSA) is 82.1 Å². The van der Waals surface area contributed by atoms with Crippen molar-refractivity contribution in [3.8, 4) is 0 Å². The third-order valence-corrected chi connectivity index (χ3v) is 3.80. The fourth-order valence-electron chi connectivity index (χ4n) is 2.44. The van der Waals surface area contributed by atoms with Crippen molar-refractivity contribution in [2.75, 3.05) is 19.9 Å². The van der Waals surface area contributed by atoms with Gasteiger partial charge in [0.1, 0.15) is 12.1 Å². The lowest BCUT2D eigenvalue weighted by Gasteiger charge is -2.38. The number of hydrogen-bond acceptors (Lipinski definition) is 6. The number of likely N-dealkylation sites (N-methyl/N-ethyl adjacent to an activating group) is 1. The number of hydrogen-bond donors (Lipinski definition) is 0. The van der Waals surface area contributed by atoms with E-state index in [0.717, 1.165) is 6.26 Å². The average molecular weight is 291 g/mol. The fourth-order valence-corrected chi connectivity index (χ4v) is 3.08. The van der Waals surface area contributed by atoms with Crippen molar-refractivity contribution in [2.24, 2.45) is 0 Å². The molecule has 8 heteroatoms. The van der Waals surface area contributed by atoms with E-state index >= 15 is 0 Å². The van der Waals surface area contributed by atoms with Crippen molar-refractivity contribution in [2.45, 2.75) is 30.8 Å². The molecular weight excluding hydrogens is 274 g/mol. The largest absolute Gasteiger partial charge is 0.441 e. The number of carbonyl (C=O) groups is 1. The van der Waals surface area contributed by atoms with Gasteiger partial charge in [0.05, 0.1) is 19.0 Å². The van der Waals surface area contributed by atoms with Crippen molar-refractivity contribution in [1.29, 1.82) is 0 Å². The van der Waals surface area contributed by atoms with Gasteiger partial charge in [0.25, 0.3) is 10.1 Å². The van der Waals surface area contributed by atoms with Gasteiger partial charge in [0.2, 0.25) is 0 Å². The smallest absolute Gasteiger partial charge is 0.410 e. The summed E-state index contributed by atoms with van der Waals surface area (Å²) in [6.45, 7) is 3.83. The number of amides is 1. The quantitative estimate of drug-likeness (QED) is 0.541. The van der Waals surface area contributed by atoms with Crippen LogP contribution in [0.2, 0.25) is 0 Å². The van der Waals surface area contributed by atoms with Gasteiger partial charge >= 0.3 is 6.09 Å². The summed E-state index contributed by atoms with van der Waals surface area (Å²) in [5.41, 5.74) is 0. The van der Waals surface area contributed by atoms with Crippen LogP contribution in [-0.2, 0) is 23.8 Å². The molecule has 2 heterocycles. The fraction of sp³-hybridized carbons (Fsp3) is 0.727. The van der Waals surface area contributed by atoms with Gasteiger partial charge in [-0.2, -0.15) is 8.42 Å². The maximum Gasteiger partial charge on any atom is 0.410 e. The zero-order valence-electron chi connectivity index (χ0n) is 10.8. The highest BCUT2D eigenvalue weighted by atomic mass is 32.2. The summed E-state index contributed by atoms with van der Waals surface area (Å²) in [5, 5.41) is 0. The number of carbonyl (C=O) groups excluding carboxylic acids is 1. The van der Waals surface area contributed by atoms with Crippen molar-refractivity contribution < 1.29 is 26.9 Å². The van der Waals surface area contributed by atoms with Gasteiger partial charge in [-0.25, -0.2) is 4.79 Å². The van der Waals surface area contributed by atoms with Gasteiger partial charge < -0.3 is 14.4 Å². The van der Waals surface area contributed by atoms with E-state index in [9.17, 15) is 13.2 Å². The predicted octanol–water partition coefficient (Wildman–Crippen LogP) is 0.125. The van der Waals surface area contributed by atoms with Crippen LogP contribution in [0.3, 0.4) is 0 Å². The van der Waals surface area contributed by atoms with Crippen LogP contribution >= 0.6 is 0 Å². The lowest BCUT2D eigenvalue weighted by atomic mass is 9.95. The Balaban J connectivity index is 2.27. The van der Waals surface area contributed by atoms with Crippen molar-refractivity contribution in [3.63, 3.8) is 0 Å². The average Bonchev–Trinajstić information content (AvgIpc) is 2.57. The zero-order valence-corrected chi connectivity index (χ0v) is 11.6. The second kappa shape index (κ2) is 5.10. The summed E-state index contributed by atoms with van der Waals surface area (Å²) < 4.78 is 38.5. The van der Waals surface area contributed by atoms with Crippen molar-refractivity contribution >= 4 is 16.2 Å². The molecule has 0 radical (unpaired) electrons. The molecule has 0 saturated carbocycles. The van der Waals surface area contributed by atoms with Crippen LogP contribution in [0.5, 0.6) is 0 Å². The van der Waals surface area contributed by atoms with E-state index in [1.165, 1.54) is 4.90 Å². The second-order valence-corrected chi connectivity index (χ2v) is 6.29. The van der Waals surface area contributed by atoms with E-state index in [-0.39, 0.29) is 6.61 Å². The van der Waals surface area contributed by atoms with Crippen LogP contribution < -0.4 is 0 Å². The molecule has 2 aliphatic rings. The van der Waals surface area contributed by atoms with Crippen LogP contribution in [-0.4, -0.2) is 63.7 Å². The molecule has 2 saturated heterocycles. The van der Waals surface area contributed by atoms with Crippen LogP contribution in [0, 0.1) is 0 Å². The highest BCUT2D eigenvalue weighted by molar-refractivity contribution is 7.86. The van der Waals surface area contributed by atoms with E-state index in [2.05, 4.69) is 6.58 Å². The second-order valence-electron chi connectivity index (χ2n) is 4.68. The maximum absolute atomic E-state index is 11.5. The Labute approximate surface area is 112 Å². The Hall–Kier alpha value is -1.12. The van der Waals surface area contributed by atoms with Gasteiger partial charge in [-0.15, -0.1) is 6.58 Å². The van der Waals surface area contributed by atoms with Gasteiger partial charge in [-0.05, 0) is 6.42 Å². The van der Waals surface area contributed by atoms with Crippen LogP contribution in [0.1, 0.15) is 6.42 Å². The minimum Gasteiger partial charge on any atom is -0.441 e. The molecule has 0 spiro atoms. The summed E-state index contributed by atoms with van der Waals surface area (Å²) >= 11 is 0. The van der Waals surface area contributed by atoms with Crippen LogP contribution in [0.15, 0.2) is 12.7 Å². The van der Waals surface area contributed by atoms with E-state index in [0.29, 0.717) is 6.42 Å². The first-order valence-corrected chi connectivity index (χ1v) is 7.69. The monoisotopic (exact) mass is 291 g/mol. The van der Waals surface area contributed by atoms with Crippen LogP contribution in [0.4, 0.5) is 4.79 Å². The Kier molecular flexibility index (Phi) is 3.84. The first kappa shape index (κ1) is 14.3. The molecule has 4 atom stereocenters. The van der Waals surface area contributed by atoms with Crippen molar-refractivity contribution in [1.82, 2.24) is 4.90 Å². The molecule has 19 heavy (non-hydrogen) atoms. The van der Waals surface area contributed by atoms with Gasteiger partial charge in [-0.3, -0.25) is 4.18 Å². The first-order chi connectivity index (χ1) is 8.83. The maximum atomic E-state index is 11.5. The summed E-state index contributed by atoms with van der Waals surface area (Å²) in [6, 6.07) is -0.471. The molecule has 7 nitrogen and oxygen atoms in total. The number of nitrogens with zero attached hydrogens (tertiary/aromatic N) is 1. The van der Waals surface area contributed by atoms with Gasteiger partial charge in [0.15, 0.2) is 6.10 Å². The van der Waals surface area contributed by atoms with Crippen molar-refractivity contribution in [3.05, 3.63) is 12.7 Å². The minimum atomic E-state index is -3.66. The molecular formula is C11H17NO6S. The Bertz CT molecular complexity index is 476.